The highest BCUT2D eigenvalue weighted by Crippen LogP contribution is 2.25. The largest absolute Gasteiger partial charge is 0.497 e. The van der Waals surface area contributed by atoms with Gasteiger partial charge in [0.2, 0.25) is 0 Å². The van der Waals surface area contributed by atoms with E-state index in [9.17, 15) is 4.79 Å². The van der Waals surface area contributed by atoms with E-state index in [-0.39, 0.29) is 5.63 Å². The van der Waals surface area contributed by atoms with E-state index >= 15 is 0 Å². The second kappa shape index (κ2) is 7.48. The van der Waals surface area contributed by atoms with E-state index in [4.69, 9.17) is 32.4 Å². The molecule has 0 radical (unpaired) electrons. The van der Waals surface area contributed by atoms with E-state index in [0.717, 1.165) is 16.5 Å². The molecule has 1 aromatic heterocycles. The number of hydrogen-bond donors (Lipinski definition) is 0. The molecular formula is C19H17Cl2NO3. The molecule has 0 amide bonds. The summed E-state index contributed by atoms with van der Waals surface area (Å²) in [6.07, 6.45) is 0. The lowest BCUT2D eigenvalue weighted by molar-refractivity contribution is 0.319. The van der Waals surface area contributed by atoms with Crippen molar-refractivity contribution in [1.82, 2.24) is 4.90 Å². The van der Waals surface area contributed by atoms with Gasteiger partial charge in [-0.25, -0.2) is 4.79 Å². The van der Waals surface area contributed by atoms with Crippen LogP contribution in [0.1, 0.15) is 11.1 Å². The number of fused-ring (bicyclic) bond motifs is 1. The van der Waals surface area contributed by atoms with Gasteiger partial charge >= 0.3 is 5.63 Å². The van der Waals surface area contributed by atoms with Crippen molar-refractivity contribution in [2.45, 2.75) is 13.1 Å². The molecule has 0 N–H and O–H groups in total. The zero-order chi connectivity index (χ0) is 18.0. The highest BCUT2D eigenvalue weighted by molar-refractivity contribution is 6.42. The van der Waals surface area contributed by atoms with Crippen molar-refractivity contribution < 1.29 is 9.15 Å². The molecule has 0 saturated carbocycles. The number of ether oxygens (including phenoxy) is 1. The van der Waals surface area contributed by atoms with Crippen molar-refractivity contribution >= 4 is 34.2 Å². The Bertz CT molecular complexity index is 969. The van der Waals surface area contributed by atoms with Crippen LogP contribution in [0.3, 0.4) is 0 Å². The zero-order valence-electron chi connectivity index (χ0n) is 13.9. The fraction of sp³-hybridized carbons (Fsp3) is 0.211. The maximum atomic E-state index is 11.9. The Labute approximate surface area is 155 Å². The zero-order valence-corrected chi connectivity index (χ0v) is 15.4. The molecule has 0 saturated heterocycles. The van der Waals surface area contributed by atoms with Gasteiger partial charge in [0.05, 0.1) is 17.2 Å². The quantitative estimate of drug-likeness (QED) is 0.602. The molecule has 130 valence electrons. The predicted octanol–water partition coefficient (Wildman–Crippen LogP) is 4.74. The maximum Gasteiger partial charge on any atom is 0.336 e. The molecule has 2 aromatic carbocycles. The molecule has 0 atom stereocenters. The highest BCUT2D eigenvalue weighted by Gasteiger charge is 2.10. The molecule has 0 fully saturated rings. The molecule has 0 unspecified atom stereocenters. The Kier molecular flexibility index (Phi) is 5.33. The molecule has 0 aliphatic carbocycles. The second-order valence-electron chi connectivity index (χ2n) is 5.87. The van der Waals surface area contributed by atoms with E-state index < -0.39 is 0 Å². The Morgan fingerprint density at radius 3 is 2.56 bits per heavy atom. The van der Waals surface area contributed by atoms with Crippen LogP contribution in [0, 0.1) is 0 Å². The molecule has 0 aliphatic rings. The molecule has 0 spiro atoms. The highest BCUT2D eigenvalue weighted by atomic mass is 35.5. The first-order chi connectivity index (χ1) is 12.0. The third-order valence-electron chi connectivity index (χ3n) is 3.91. The molecule has 0 aliphatic heterocycles. The normalized spacial score (nSPS) is 11.2. The van der Waals surface area contributed by atoms with E-state index in [1.807, 2.05) is 31.3 Å². The van der Waals surface area contributed by atoms with Gasteiger partial charge in [0.25, 0.3) is 0 Å². The smallest absolute Gasteiger partial charge is 0.336 e. The van der Waals surface area contributed by atoms with Crippen molar-refractivity contribution in [3.63, 3.8) is 0 Å². The number of halogens is 2. The second-order valence-corrected chi connectivity index (χ2v) is 6.69. The Balaban J connectivity index is 1.86. The van der Waals surface area contributed by atoms with Gasteiger partial charge < -0.3 is 9.15 Å². The summed E-state index contributed by atoms with van der Waals surface area (Å²) in [5.41, 5.74) is 2.09. The van der Waals surface area contributed by atoms with Crippen molar-refractivity contribution in [1.29, 1.82) is 0 Å². The van der Waals surface area contributed by atoms with Crippen LogP contribution in [-0.2, 0) is 13.1 Å². The van der Waals surface area contributed by atoms with Crippen LogP contribution < -0.4 is 10.4 Å². The summed E-state index contributed by atoms with van der Waals surface area (Å²) in [4.78, 5) is 14.0. The molecule has 4 nitrogen and oxygen atoms in total. The van der Waals surface area contributed by atoms with Gasteiger partial charge in [-0.15, -0.1) is 0 Å². The van der Waals surface area contributed by atoms with Crippen LogP contribution in [0.25, 0.3) is 11.0 Å². The van der Waals surface area contributed by atoms with Gasteiger partial charge in [-0.05, 0) is 42.4 Å². The first-order valence-corrected chi connectivity index (χ1v) is 8.45. The number of benzene rings is 2. The van der Waals surface area contributed by atoms with Crippen LogP contribution in [0.4, 0.5) is 0 Å². The molecule has 0 bridgehead atoms. The van der Waals surface area contributed by atoms with Gasteiger partial charge in [0.15, 0.2) is 0 Å². The van der Waals surface area contributed by atoms with E-state index in [1.165, 1.54) is 6.07 Å². The summed E-state index contributed by atoms with van der Waals surface area (Å²) in [6.45, 7) is 1.27. The minimum absolute atomic E-state index is 0.376. The third-order valence-corrected chi connectivity index (χ3v) is 4.65. The fourth-order valence-electron chi connectivity index (χ4n) is 2.76. The van der Waals surface area contributed by atoms with E-state index in [2.05, 4.69) is 4.90 Å². The molecule has 25 heavy (non-hydrogen) atoms. The van der Waals surface area contributed by atoms with Crippen LogP contribution in [-0.4, -0.2) is 19.1 Å². The van der Waals surface area contributed by atoms with Gasteiger partial charge in [-0.1, -0.05) is 29.3 Å². The van der Waals surface area contributed by atoms with Crippen molar-refractivity contribution in [2.24, 2.45) is 0 Å². The van der Waals surface area contributed by atoms with Crippen molar-refractivity contribution in [3.05, 3.63) is 74.1 Å². The van der Waals surface area contributed by atoms with Gasteiger partial charge in [-0.3, -0.25) is 4.90 Å². The topological polar surface area (TPSA) is 42.7 Å². The number of rotatable bonds is 5. The summed E-state index contributed by atoms with van der Waals surface area (Å²) in [7, 11) is 3.56. The number of methoxy groups -OCH3 is 1. The first-order valence-electron chi connectivity index (χ1n) is 7.69. The lowest BCUT2D eigenvalue weighted by Gasteiger charge is -2.18. The summed E-state index contributed by atoms with van der Waals surface area (Å²) in [5.74, 6) is 0.650. The van der Waals surface area contributed by atoms with Crippen molar-refractivity contribution in [3.8, 4) is 5.75 Å². The number of nitrogens with zero attached hydrogens (tertiary/aromatic N) is 1. The third kappa shape index (κ3) is 4.15. The first kappa shape index (κ1) is 17.8. The molecule has 3 aromatic rings. The minimum atomic E-state index is -0.376. The monoisotopic (exact) mass is 377 g/mol. The summed E-state index contributed by atoms with van der Waals surface area (Å²) < 4.78 is 10.5. The predicted molar refractivity (Wildman–Crippen MR) is 101 cm³/mol. The van der Waals surface area contributed by atoms with Gasteiger partial charge in [0, 0.05) is 30.6 Å². The number of hydrogen-bond acceptors (Lipinski definition) is 4. The molecule has 6 heteroatoms. The average molecular weight is 378 g/mol. The Hall–Kier alpha value is -2.01. The SMILES string of the molecule is COc1ccc2c(CN(C)Cc3ccc(Cl)c(Cl)c3)cc(=O)oc2c1. The van der Waals surface area contributed by atoms with Crippen LogP contribution >= 0.6 is 23.2 Å². The summed E-state index contributed by atoms with van der Waals surface area (Å²) in [5, 5.41) is 1.96. The van der Waals surface area contributed by atoms with E-state index in [0.29, 0.717) is 34.5 Å². The van der Waals surface area contributed by atoms with Crippen molar-refractivity contribution in [2.75, 3.05) is 14.2 Å². The summed E-state index contributed by atoms with van der Waals surface area (Å²) in [6, 6.07) is 12.6. The van der Waals surface area contributed by atoms with Crippen LogP contribution in [0.5, 0.6) is 5.75 Å². The average Bonchev–Trinajstić information content (AvgIpc) is 2.57. The molecule has 3 rings (SSSR count). The van der Waals surface area contributed by atoms with Gasteiger partial charge in [0.1, 0.15) is 11.3 Å². The van der Waals surface area contributed by atoms with Crippen LogP contribution in [0.2, 0.25) is 10.0 Å². The maximum absolute atomic E-state index is 11.9. The molecule has 1 heterocycles. The summed E-state index contributed by atoms with van der Waals surface area (Å²) >= 11 is 12.0. The van der Waals surface area contributed by atoms with Crippen LogP contribution in [0.15, 0.2) is 51.7 Å². The molecular weight excluding hydrogens is 361 g/mol. The lowest BCUT2D eigenvalue weighted by Crippen LogP contribution is -2.18. The Morgan fingerprint density at radius 2 is 1.84 bits per heavy atom. The Morgan fingerprint density at radius 1 is 1.04 bits per heavy atom. The lowest BCUT2D eigenvalue weighted by atomic mass is 10.1. The fourth-order valence-corrected chi connectivity index (χ4v) is 3.09. The standard InChI is InChI=1S/C19H17Cl2NO3/c1-22(10-12-3-6-16(20)17(21)7-12)11-13-8-19(23)25-18-9-14(24-2)4-5-15(13)18/h3-9H,10-11H2,1-2H3. The van der Waals surface area contributed by atoms with Gasteiger partial charge in [-0.2, -0.15) is 0 Å². The minimum Gasteiger partial charge on any atom is -0.497 e. The van der Waals surface area contributed by atoms with E-state index in [1.54, 1.807) is 19.2 Å².